The number of hydrogen-bond donors (Lipinski definition) is 2. The van der Waals surface area contributed by atoms with Gasteiger partial charge in [-0.2, -0.15) is 0 Å². The molecule has 0 aliphatic rings. The van der Waals surface area contributed by atoms with Crippen molar-refractivity contribution >= 4 is 17.5 Å². The molecule has 0 saturated carbocycles. The van der Waals surface area contributed by atoms with Gasteiger partial charge in [0.25, 0.3) is 0 Å². The molecule has 0 bridgehead atoms. The molecule has 0 fully saturated rings. The summed E-state index contributed by atoms with van der Waals surface area (Å²) in [6.07, 6.45) is 1.17. The van der Waals surface area contributed by atoms with E-state index in [9.17, 15) is 4.79 Å². The Morgan fingerprint density at radius 2 is 2.19 bits per heavy atom. The van der Waals surface area contributed by atoms with Crippen molar-refractivity contribution in [2.75, 3.05) is 6.54 Å². The molecule has 1 amide bonds. The smallest absolute Gasteiger partial charge is 0.217 e. The first-order valence-electron chi connectivity index (χ1n) is 5.37. The number of hydrogen-bond acceptors (Lipinski definition) is 2. The third-order valence-electron chi connectivity index (χ3n) is 2.42. The Labute approximate surface area is 101 Å². The first-order valence-corrected chi connectivity index (χ1v) is 5.75. The highest BCUT2D eigenvalue weighted by molar-refractivity contribution is 6.31. The lowest BCUT2D eigenvalue weighted by Gasteiger charge is -2.15. The summed E-state index contributed by atoms with van der Waals surface area (Å²) in [7, 11) is 0. The zero-order chi connectivity index (χ0) is 12.0. The van der Waals surface area contributed by atoms with Crippen LogP contribution in [0.2, 0.25) is 5.02 Å². The Kier molecular flexibility index (Phi) is 5.29. The lowest BCUT2D eigenvalue weighted by Crippen LogP contribution is -2.21. The number of nitrogens with one attached hydrogen (secondary N) is 1. The predicted molar refractivity (Wildman–Crippen MR) is 66.3 cm³/mol. The fourth-order valence-electron chi connectivity index (χ4n) is 1.52. The van der Waals surface area contributed by atoms with Crippen LogP contribution in [0.5, 0.6) is 0 Å². The monoisotopic (exact) mass is 240 g/mol. The van der Waals surface area contributed by atoms with E-state index in [1.54, 1.807) is 0 Å². The topological polar surface area (TPSA) is 55.1 Å². The van der Waals surface area contributed by atoms with Crippen LogP contribution in [0.25, 0.3) is 0 Å². The molecule has 1 rings (SSSR count). The van der Waals surface area contributed by atoms with E-state index in [-0.39, 0.29) is 11.9 Å². The van der Waals surface area contributed by atoms with Gasteiger partial charge in [0.1, 0.15) is 0 Å². The molecule has 0 radical (unpaired) electrons. The molecule has 0 aromatic heterocycles. The maximum atomic E-state index is 10.5. The highest BCUT2D eigenvalue weighted by Gasteiger charge is 2.07. The summed E-state index contributed by atoms with van der Waals surface area (Å²) in [5.41, 5.74) is 6.13. The Hall–Kier alpha value is -1.06. The second-order valence-corrected chi connectivity index (χ2v) is 4.17. The summed E-state index contributed by atoms with van der Waals surface area (Å²) in [5.74, 6) is -0.257. The third kappa shape index (κ3) is 4.21. The van der Waals surface area contributed by atoms with Crippen molar-refractivity contribution in [3.05, 3.63) is 34.9 Å². The maximum Gasteiger partial charge on any atom is 0.217 e. The molecule has 0 aliphatic heterocycles. The Morgan fingerprint density at radius 1 is 1.50 bits per heavy atom. The van der Waals surface area contributed by atoms with Crippen molar-refractivity contribution in [2.45, 2.75) is 25.8 Å². The summed E-state index contributed by atoms with van der Waals surface area (Å²) < 4.78 is 0. The number of halogens is 1. The van der Waals surface area contributed by atoms with E-state index in [0.29, 0.717) is 6.42 Å². The standard InChI is InChI=1S/C12H17ClN2O/c1-9(15-8-4-7-12(14)16)10-5-2-3-6-11(10)13/h2-3,5-6,9,15H,4,7-8H2,1H3,(H2,14,16). The minimum absolute atomic E-state index is 0.182. The molecule has 0 aliphatic carbocycles. The molecule has 88 valence electrons. The van der Waals surface area contributed by atoms with Gasteiger partial charge in [0, 0.05) is 17.5 Å². The zero-order valence-electron chi connectivity index (χ0n) is 9.37. The Morgan fingerprint density at radius 3 is 2.81 bits per heavy atom. The van der Waals surface area contributed by atoms with Gasteiger partial charge in [-0.1, -0.05) is 29.8 Å². The van der Waals surface area contributed by atoms with Crippen molar-refractivity contribution in [1.29, 1.82) is 0 Å². The summed E-state index contributed by atoms with van der Waals surface area (Å²) in [4.78, 5) is 10.5. The minimum atomic E-state index is -0.257. The molecule has 3 nitrogen and oxygen atoms in total. The van der Waals surface area contributed by atoms with Crippen LogP contribution in [-0.4, -0.2) is 12.5 Å². The summed E-state index contributed by atoms with van der Waals surface area (Å²) in [6.45, 7) is 2.81. The third-order valence-corrected chi connectivity index (χ3v) is 2.77. The molecule has 3 N–H and O–H groups in total. The van der Waals surface area contributed by atoms with Gasteiger partial charge < -0.3 is 11.1 Å². The van der Waals surface area contributed by atoms with Gasteiger partial charge >= 0.3 is 0 Å². The molecule has 1 unspecified atom stereocenters. The molecular formula is C12H17ClN2O. The van der Waals surface area contributed by atoms with Gasteiger partial charge in [0.05, 0.1) is 0 Å². The van der Waals surface area contributed by atoms with Crippen molar-refractivity contribution in [3.63, 3.8) is 0 Å². The van der Waals surface area contributed by atoms with Crippen LogP contribution < -0.4 is 11.1 Å². The maximum absolute atomic E-state index is 10.5. The average molecular weight is 241 g/mol. The van der Waals surface area contributed by atoms with E-state index in [0.717, 1.165) is 23.6 Å². The van der Waals surface area contributed by atoms with Crippen molar-refractivity contribution in [2.24, 2.45) is 5.73 Å². The fourth-order valence-corrected chi connectivity index (χ4v) is 1.82. The van der Waals surface area contributed by atoms with E-state index in [1.807, 2.05) is 31.2 Å². The summed E-state index contributed by atoms with van der Waals surface area (Å²) in [6, 6.07) is 7.92. The van der Waals surface area contributed by atoms with Crippen LogP contribution in [-0.2, 0) is 4.79 Å². The molecule has 0 saturated heterocycles. The van der Waals surface area contributed by atoms with Gasteiger partial charge in [-0.05, 0) is 31.5 Å². The van der Waals surface area contributed by atoms with E-state index in [1.165, 1.54) is 0 Å². The second-order valence-electron chi connectivity index (χ2n) is 3.77. The lowest BCUT2D eigenvalue weighted by molar-refractivity contribution is -0.118. The van der Waals surface area contributed by atoms with E-state index in [2.05, 4.69) is 5.32 Å². The normalized spacial score (nSPS) is 12.4. The van der Waals surface area contributed by atoms with Gasteiger partial charge in [0.2, 0.25) is 5.91 Å². The minimum Gasteiger partial charge on any atom is -0.370 e. The van der Waals surface area contributed by atoms with Crippen LogP contribution in [0.3, 0.4) is 0 Å². The molecule has 0 spiro atoms. The van der Waals surface area contributed by atoms with Crippen molar-refractivity contribution in [1.82, 2.24) is 5.32 Å². The van der Waals surface area contributed by atoms with E-state index < -0.39 is 0 Å². The fraction of sp³-hybridized carbons (Fsp3) is 0.417. The zero-order valence-corrected chi connectivity index (χ0v) is 10.1. The van der Waals surface area contributed by atoms with Crippen molar-refractivity contribution < 1.29 is 4.79 Å². The highest BCUT2D eigenvalue weighted by Crippen LogP contribution is 2.21. The molecule has 4 heteroatoms. The number of rotatable bonds is 6. The van der Waals surface area contributed by atoms with Gasteiger partial charge in [-0.15, -0.1) is 0 Å². The summed E-state index contributed by atoms with van der Waals surface area (Å²) >= 11 is 6.07. The molecule has 16 heavy (non-hydrogen) atoms. The highest BCUT2D eigenvalue weighted by atomic mass is 35.5. The first kappa shape index (κ1) is 13.0. The molecule has 1 aromatic carbocycles. The van der Waals surface area contributed by atoms with Crippen LogP contribution in [0.4, 0.5) is 0 Å². The number of benzene rings is 1. The number of carbonyl (C=O) groups excluding carboxylic acids is 1. The predicted octanol–water partition coefficient (Wildman–Crippen LogP) is 2.26. The van der Waals surface area contributed by atoms with Crippen LogP contribution in [0, 0.1) is 0 Å². The van der Waals surface area contributed by atoms with Gasteiger partial charge in [-0.25, -0.2) is 0 Å². The number of nitrogens with two attached hydrogens (primary N) is 1. The van der Waals surface area contributed by atoms with Crippen LogP contribution >= 0.6 is 11.6 Å². The largest absolute Gasteiger partial charge is 0.370 e. The quantitative estimate of drug-likeness (QED) is 0.750. The number of primary amides is 1. The molecule has 1 atom stereocenters. The second kappa shape index (κ2) is 6.51. The van der Waals surface area contributed by atoms with Crippen LogP contribution in [0.1, 0.15) is 31.4 Å². The SMILES string of the molecule is CC(NCCCC(N)=O)c1ccccc1Cl. The van der Waals surface area contributed by atoms with E-state index >= 15 is 0 Å². The first-order chi connectivity index (χ1) is 7.61. The lowest BCUT2D eigenvalue weighted by atomic mass is 10.1. The number of carbonyl (C=O) groups is 1. The Balaban J connectivity index is 2.38. The Bertz CT molecular complexity index is 355. The van der Waals surface area contributed by atoms with Gasteiger partial charge in [0.15, 0.2) is 0 Å². The molecular weight excluding hydrogens is 224 g/mol. The van der Waals surface area contributed by atoms with Gasteiger partial charge in [-0.3, -0.25) is 4.79 Å². The van der Waals surface area contributed by atoms with Crippen molar-refractivity contribution in [3.8, 4) is 0 Å². The average Bonchev–Trinajstić information content (AvgIpc) is 2.24. The molecule has 1 aromatic rings. The summed E-state index contributed by atoms with van der Waals surface area (Å²) in [5, 5.41) is 4.06. The molecule has 0 heterocycles. The number of amides is 1. The van der Waals surface area contributed by atoms with E-state index in [4.69, 9.17) is 17.3 Å². The van der Waals surface area contributed by atoms with Crippen LogP contribution in [0.15, 0.2) is 24.3 Å².